The minimum absolute atomic E-state index is 0.0457. The van der Waals surface area contributed by atoms with Crippen LogP contribution >= 0.6 is 7.92 Å². The summed E-state index contributed by atoms with van der Waals surface area (Å²) in [5.41, 5.74) is 0. The summed E-state index contributed by atoms with van der Waals surface area (Å²) in [4.78, 5) is 25.5. The highest BCUT2D eigenvalue weighted by atomic mass is 31.1. The maximum absolute atomic E-state index is 12.0. The number of imide groups is 1. The number of rotatable bonds is 2. The summed E-state index contributed by atoms with van der Waals surface area (Å²) in [7, 11) is -0.0748. The second-order valence-corrected chi connectivity index (χ2v) is 11.0. The van der Waals surface area contributed by atoms with Crippen molar-refractivity contribution in [1.29, 1.82) is 0 Å². The van der Waals surface area contributed by atoms with E-state index in [1.165, 1.54) is 6.16 Å². The summed E-state index contributed by atoms with van der Waals surface area (Å²) in [5.74, 6) is 0.0913. The van der Waals surface area contributed by atoms with Crippen molar-refractivity contribution in [3.8, 4) is 0 Å². The lowest BCUT2D eigenvalue weighted by atomic mass is 9.92. The van der Waals surface area contributed by atoms with E-state index in [0.717, 1.165) is 12.8 Å². The Labute approximate surface area is 117 Å². The number of amides is 2. The maximum atomic E-state index is 12.0. The van der Waals surface area contributed by atoms with Crippen LogP contribution in [0.15, 0.2) is 0 Å². The summed E-state index contributed by atoms with van der Waals surface area (Å²) in [6.45, 7) is 11.6. The highest BCUT2D eigenvalue weighted by Crippen LogP contribution is 2.66. The number of likely N-dealkylation sites (tertiary alicyclic amines) is 1. The maximum Gasteiger partial charge on any atom is 0.229 e. The van der Waals surface area contributed by atoms with Crippen LogP contribution in [0.2, 0.25) is 0 Å². The fraction of sp³-hybridized carbons (Fsp3) is 0.867. The predicted molar refractivity (Wildman–Crippen MR) is 79.7 cm³/mol. The minimum atomic E-state index is -0.0748. The number of hydrogen-bond acceptors (Lipinski definition) is 2. The van der Waals surface area contributed by atoms with Crippen LogP contribution in [-0.4, -0.2) is 39.2 Å². The van der Waals surface area contributed by atoms with Gasteiger partial charge in [-0.2, -0.15) is 0 Å². The fourth-order valence-electron chi connectivity index (χ4n) is 4.30. The molecule has 2 aliphatic heterocycles. The van der Waals surface area contributed by atoms with E-state index in [4.69, 9.17) is 0 Å². The Bertz CT molecular complexity index is 369. The van der Waals surface area contributed by atoms with Gasteiger partial charge in [0, 0.05) is 18.9 Å². The van der Waals surface area contributed by atoms with Crippen molar-refractivity contribution >= 4 is 19.7 Å². The monoisotopic (exact) mass is 283 g/mol. The molecule has 108 valence electrons. The van der Waals surface area contributed by atoms with Crippen molar-refractivity contribution in [2.75, 3.05) is 6.16 Å². The Morgan fingerprint density at radius 3 is 1.84 bits per heavy atom. The van der Waals surface area contributed by atoms with Crippen LogP contribution in [0.5, 0.6) is 0 Å². The lowest BCUT2D eigenvalue weighted by molar-refractivity contribution is -0.141. The second kappa shape index (κ2) is 4.84. The smallest absolute Gasteiger partial charge is 0.229 e. The van der Waals surface area contributed by atoms with E-state index < -0.39 is 0 Å². The molecule has 3 nitrogen and oxygen atoms in total. The van der Waals surface area contributed by atoms with Crippen LogP contribution in [0, 0.1) is 0 Å². The van der Waals surface area contributed by atoms with E-state index in [2.05, 4.69) is 34.6 Å². The molecule has 2 aliphatic rings. The number of nitrogens with zero attached hydrogens (tertiary/aromatic N) is 1. The molecule has 0 spiro atoms. The van der Waals surface area contributed by atoms with Crippen molar-refractivity contribution in [1.82, 2.24) is 4.90 Å². The summed E-state index contributed by atoms with van der Waals surface area (Å²) in [6.07, 6.45) is 4.02. The van der Waals surface area contributed by atoms with Gasteiger partial charge in [-0.3, -0.25) is 14.5 Å². The van der Waals surface area contributed by atoms with Gasteiger partial charge in [-0.25, -0.2) is 0 Å². The average Bonchev–Trinajstić information content (AvgIpc) is 2.55. The highest BCUT2D eigenvalue weighted by Gasteiger charge is 2.49. The summed E-state index contributed by atoms with van der Waals surface area (Å²) >= 11 is 0. The van der Waals surface area contributed by atoms with Gasteiger partial charge in [-0.15, -0.1) is 0 Å². The zero-order valence-corrected chi connectivity index (χ0v) is 13.7. The molecule has 0 saturated carbocycles. The standard InChI is InChI=1S/C15H26NO2P/c1-6-19-14(2,3)9-11(10-15(19,4)5)16-12(17)7-8-13(16)18/h11H,6-10H2,1-5H3. The van der Waals surface area contributed by atoms with Crippen LogP contribution in [0.1, 0.15) is 60.3 Å². The molecule has 0 aromatic rings. The zero-order chi connectivity index (χ0) is 14.4. The van der Waals surface area contributed by atoms with Gasteiger partial charge < -0.3 is 0 Å². The normalized spacial score (nSPS) is 33.8. The average molecular weight is 283 g/mol. The molecule has 2 amide bonds. The van der Waals surface area contributed by atoms with Crippen molar-refractivity contribution in [3.05, 3.63) is 0 Å². The van der Waals surface area contributed by atoms with E-state index in [9.17, 15) is 9.59 Å². The van der Waals surface area contributed by atoms with Gasteiger partial charge in [0.25, 0.3) is 0 Å². The van der Waals surface area contributed by atoms with Crippen molar-refractivity contribution < 1.29 is 9.59 Å². The third kappa shape index (κ3) is 2.59. The molecule has 2 rings (SSSR count). The van der Waals surface area contributed by atoms with E-state index in [0.29, 0.717) is 12.8 Å². The molecule has 0 aromatic carbocycles. The Hall–Kier alpha value is -0.430. The van der Waals surface area contributed by atoms with Gasteiger partial charge in [0.15, 0.2) is 0 Å². The highest BCUT2D eigenvalue weighted by molar-refractivity contribution is 7.60. The molecule has 2 saturated heterocycles. The van der Waals surface area contributed by atoms with E-state index in [1.807, 2.05) is 0 Å². The zero-order valence-electron chi connectivity index (χ0n) is 12.8. The molecular weight excluding hydrogens is 257 g/mol. The molecule has 0 unspecified atom stereocenters. The van der Waals surface area contributed by atoms with Crippen LogP contribution in [0.4, 0.5) is 0 Å². The first kappa shape index (κ1) is 15.0. The first-order valence-electron chi connectivity index (χ1n) is 7.31. The quantitative estimate of drug-likeness (QED) is 0.575. The Balaban J connectivity index is 2.26. The fourth-order valence-corrected chi connectivity index (χ4v) is 8.52. The lowest BCUT2D eigenvalue weighted by Crippen LogP contribution is -2.51. The van der Waals surface area contributed by atoms with Crippen molar-refractivity contribution in [3.63, 3.8) is 0 Å². The van der Waals surface area contributed by atoms with Crippen molar-refractivity contribution in [2.45, 2.75) is 76.7 Å². The Morgan fingerprint density at radius 2 is 1.47 bits per heavy atom. The predicted octanol–water partition coefficient (Wildman–Crippen LogP) is 3.36. The summed E-state index contributed by atoms with van der Waals surface area (Å²) in [6, 6.07) is 0.123. The van der Waals surface area contributed by atoms with Crippen LogP contribution in [0.25, 0.3) is 0 Å². The first-order valence-corrected chi connectivity index (χ1v) is 8.84. The second-order valence-electron chi connectivity index (χ2n) is 7.09. The topological polar surface area (TPSA) is 37.4 Å². The Morgan fingerprint density at radius 1 is 1.05 bits per heavy atom. The molecule has 0 aromatic heterocycles. The van der Waals surface area contributed by atoms with Gasteiger partial charge in [0.2, 0.25) is 11.8 Å². The minimum Gasteiger partial charge on any atom is -0.279 e. The van der Waals surface area contributed by atoms with E-state index in [-0.39, 0.29) is 36.1 Å². The third-order valence-corrected chi connectivity index (χ3v) is 8.62. The summed E-state index contributed by atoms with van der Waals surface area (Å²) < 4.78 is 0. The van der Waals surface area contributed by atoms with Crippen LogP contribution in [-0.2, 0) is 9.59 Å². The molecule has 4 heteroatoms. The molecule has 19 heavy (non-hydrogen) atoms. The van der Waals surface area contributed by atoms with Gasteiger partial charge >= 0.3 is 0 Å². The SMILES string of the molecule is CCP1C(C)(C)CC(N2C(=O)CCC2=O)CC1(C)C. The third-order valence-electron chi connectivity index (χ3n) is 4.70. The van der Waals surface area contributed by atoms with Gasteiger partial charge in [0.1, 0.15) is 0 Å². The van der Waals surface area contributed by atoms with Gasteiger partial charge in [-0.05, 0) is 29.3 Å². The number of carbonyl (C=O) groups is 2. The summed E-state index contributed by atoms with van der Waals surface area (Å²) in [5, 5.41) is 0.499. The van der Waals surface area contributed by atoms with Gasteiger partial charge in [0.05, 0.1) is 0 Å². The molecule has 0 atom stereocenters. The lowest BCUT2D eigenvalue weighted by Gasteiger charge is -2.53. The van der Waals surface area contributed by atoms with Crippen LogP contribution < -0.4 is 0 Å². The number of carbonyl (C=O) groups excluding carboxylic acids is 2. The molecular formula is C15H26NO2P. The van der Waals surface area contributed by atoms with Crippen LogP contribution in [0.3, 0.4) is 0 Å². The molecule has 0 N–H and O–H groups in total. The largest absolute Gasteiger partial charge is 0.279 e. The van der Waals surface area contributed by atoms with E-state index in [1.54, 1.807) is 4.90 Å². The molecule has 0 bridgehead atoms. The Kier molecular flexibility index (Phi) is 3.81. The van der Waals surface area contributed by atoms with E-state index >= 15 is 0 Å². The molecule has 0 radical (unpaired) electrons. The van der Waals surface area contributed by atoms with Gasteiger partial charge in [-0.1, -0.05) is 42.5 Å². The molecule has 0 aliphatic carbocycles. The number of hydrogen-bond donors (Lipinski definition) is 0. The molecule has 2 heterocycles. The van der Waals surface area contributed by atoms with Crippen molar-refractivity contribution in [2.24, 2.45) is 0 Å². The first-order chi connectivity index (χ1) is 8.69. The molecule has 2 fully saturated rings.